The van der Waals surface area contributed by atoms with Crippen LogP contribution < -0.4 is 10.1 Å². The van der Waals surface area contributed by atoms with Gasteiger partial charge in [-0.25, -0.2) is 0 Å². The molecule has 2 amide bonds. The van der Waals surface area contributed by atoms with Gasteiger partial charge in [0.05, 0.1) is 5.52 Å². The van der Waals surface area contributed by atoms with Gasteiger partial charge in [0, 0.05) is 24.5 Å². The molecule has 1 fully saturated rings. The van der Waals surface area contributed by atoms with Gasteiger partial charge < -0.3 is 9.30 Å². The van der Waals surface area contributed by atoms with Gasteiger partial charge in [-0.1, -0.05) is 36.4 Å². The van der Waals surface area contributed by atoms with E-state index in [1.165, 1.54) is 4.90 Å². The van der Waals surface area contributed by atoms with Crippen molar-refractivity contribution in [3.05, 3.63) is 77.9 Å². The third-order valence-corrected chi connectivity index (χ3v) is 5.40. The van der Waals surface area contributed by atoms with Gasteiger partial charge in [0.2, 0.25) is 5.88 Å². The number of hydrogen-bond acceptors (Lipinski definition) is 4. The fourth-order valence-corrected chi connectivity index (χ4v) is 3.84. The van der Waals surface area contributed by atoms with Gasteiger partial charge in [0.25, 0.3) is 11.8 Å². The first-order valence-corrected chi connectivity index (χ1v) is 10.1. The molecule has 7 heteroatoms. The quantitative estimate of drug-likeness (QED) is 0.286. The normalized spacial score (nSPS) is 15.5. The van der Waals surface area contributed by atoms with Crippen molar-refractivity contribution in [3.63, 3.8) is 0 Å². The average Bonchev–Trinajstić information content (AvgIpc) is 3.00. The Morgan fingerprint density at radius 2 is 1.94 bits per heavy atom. The molecule has 0 saturated carbocycles. The van der Waals surface area contributed by atoms with E-state index in [1.807, 2.05) is 67.1 Å². The summed E-state index contributed by atoms with van der Waals surface area (Å²) in [6.07, 6.45) is 3.13. The van der Waals surface area contributed by atoms with Crippen molar-refractivity contribution >= 4 is 46.1 Å². The molecule has 0 aliphatic carbocycles. The number of amides is 2. The number of carbonyl (C=O) groups is 2. The lowest BCUT2D eigenvalue weighted by atomic mass is 10.1. The summed E-state index contributed by atoms with van der Waals surface area (Å²) in [5, 5.41) is 3.52. The summed E-state index contributed by atoms with van der Waals surface area (Å²) in [5.41, 5.74) is 2.61. The van der Waals surface area contributed by atoms with E-state index in [0.717, 1.165) is 16.5 Å². The second kappa shape index (κ2) is 8.20. The molecule has 156 valence electrons. The molecule has 0 unspecified atom stereocenters. The van der Waals surface area contributed by atoms with Gasteiger partial charge in [-0.15, -0.1) is 6.58 Å². The van der Waals surface area contributed by atoms with Crippen molar-refractivity contribution in [2.45, 2.75) is 6.92 Å². The summed E-state index contributed by atoms with van der Waals surface area (Å²) < 4.78 is 8.14. The molecule has 0 spiro atoms. The zero-order chi connectivity index (χ0) is 22.1. The largest absolute Gasteiger partial charge is 0.440 e. The van der Waals surface area contributed by atoms with Gasteiger partial charge in [0.1, 0.15) is 11.3 Å². The topological polar surface area (TPSA) is 63.6 Å². The van der Waals surface area contributed by atoms with Crippen LogP contribution in [0.25, 0.3) is 17.0 Å². The number of nitrogens with zero attached hydrogens (tertiary/aromatic N) is 2. The number of para-hydroxylation sites is 1. The van der Waals surface area contributed by atoms with Crippen LogP contribution in [0.1, 0.15) is 11.1 Å². The molecule has 3 aromatic rings. The van der Waals surface area contributed by atoms with E-state index in [2.05, 4.69) is 11.9 Å². The summed E-state index contributed by atoms with van der Waals surface area (Å²) in [4.78, 5) is 27.0. The Labute approximate surface area is 185 Å². The number of aromatic nitrogens is 1. The first-order chi connectivity index (χ1) is 14.9. The van der Waals surface area contributed by atoms with Crippen molar-refractivity contribution < 1.29 is 14.3 Å². The number of aryl methyl sites for hydroxylation is 2. The molecule has 4 rings (SSSR count). The van der Waals surface area contributed by atoms with Crippen molar-refractivity contribution in [1.29, 1.82) is 0 Å². The number of rotatable bonds is 5. The van der Waals surface area contributed by atoms with E-state index in [-0.39, 0.29) is 17.2 Å². The maximum Gasteiger partial charge on any atom is 0.265 e. The van der Waals surface area contributed by atoms with E-state index >= 15 is 0 Å². The van der Waals surface area contributed by atoms with Crippen LogP contribution >= 0.6 is 12.2 Å². The molecule has 0 bridgehead atoms. The Hall–Kier alpha value is -3.71. The molecule has 1 N–H and O–H groups in total. The minimum Gasteiger partial charge on any atom is -0.440 e. The highest BCUT2D eigenvalue weighted by Gasteiger charge is 2.33. The number of fused-ring (bicyclic) bond motifs is 1. The van der Waals surface area contributed by atoms with Gasteiger partial charge in [-0.05, 0) is 49.0 Å². The number of carbonyl (C=O) groups excluding carboxylic acids is 2. The Morgan fingerprint density at radius 3 is 2.68 bits per heavy atom. The lowest BCUT2D eigenvalue weighted by molar-refractivity contribution is -0.128. The molecule has 1 saturated heterocycles. The Balaban J connectivity index is 1.88. The molecular weight excluding hydrogens is 410 g/mol. The fourth-order valence-electron chi connectivity index (χ4n) is 3.59. The summed E-state index contributed by atoms with van der Waals surface area (Å²) in [5.74, 6) is 0.190. The summed E-state index contributed by atoms with van der Waals surface area (Å²) in [7, 11) is 1.89. The number of nitrogens with one attached hydrogen (secondary N) is 1. The molecule has 2 heterocycles. The van der Waals surface area contributed by atoms with E-state index in [0.29, 0.717) is 17.2 Å². The fraction of sp³-hybridized carbons (Fsp3) is 0.125. The maximum absolute atomic E-state index is 13.0. The van der Waals surface area contributed by atoms with Crippen molar-refractivity contribution in [1.82, 2.24) is 14.8 Å². The smallest absolute Gasteiger partial charge is 0.265 e. The van der Waals surface area contributed by atoms with Crippen LogP contribution in [-0.4, -0.2) is 32.9 Å². The summed E-state index contributed by atoms with van der Waals surface area (Å²) in [6, 6.07) is 15.4. The third-order valence-electron chi connectivity index (χ3n) is 5.08. The van der Waals surface area contributed by atoms with Gasteiger partial charge in [0.15, 0.2) is 5.11 Å². The monoisotopic (exact) mass is 431 g/mol. The van der Waals surface area contributed by atoms with E-state index in [1.54, 1.807) is 12.2 Å². The molecule has 0 radical (unpaired) electrons. The number of ether oxygens (including phenoxy) is 1. The number of benzene rings is 2. The Bertz CT molecular complexity index is 1270. The average molecular weight is 432 g/mol. The highest BCUT2D eigenvalue weighted by Crippen LogP contribution is 2.36. The molecule has 1 aromatic heterocycles. The van der Waals surface area contributed by atoms with E-state index < -0.39 is 11.8 Å². The van der Waals surface area contributed by atoms with Crippen molar-refractivity contribution in [2.75, 3.05) is 6.54 Å². The predicted molar refractivity (Wildman–Crippen MR) is 125 cm³/mol. The predicted octanol–water partition coefficient (Wildman–Crippen LogP) is 4.09. The highest BCUT2D eigenvalue weighted by molar-refractivity contribution is 7.80. The summed E-state index contributed by atoms with van der Waals surface area (Å²) >= 11 is 5.14. The second-order valence-electron chi connectivity index (χ2n) is 7.24. The van der Waals surface area contributed by atoms with E-state index in [9.17, 15) is 9.59 Å². The third kappa shape index (κ3) is 3.75. The van der Waals surface area contributed by atoms with Crippen LogP contribution in [0, 0.1) is 6.92 Å². The van der Waals surface area contributed by atoms with Gasteiger partial charge >= 0.3 is 0 Å². The minimum absolute atomic E-state index is 0.0131. The first kappa shape index (κ1) is 20.6. The van der Waals surface area contributed by atoms with Crippen LogP contribution in [0.15, 0.2) is 66.8 Å². The van der Waals surface area contributed by atoms with Gasteiger partial charge in [-0.2, -0.15) is 0 Å². The van der Waals surface area contributed by atoms with Crippen molar-refractivity contribution in [2.24, 2.45) is 7.05 Å². The number of thiocarbonyl (C=S) groups is 1. The minimum atomic E-state index is -0.537. The van der Waals surface area contributed by atoms with E-state index in [4.69, 9.17) is 17.0 Å². The molecule has 0 atom stereocenters. The number of hydrogen-bond donors (Lipinski definition) is 1. The first-order valence-electron chi connectivity index (χ1n) is 9.72. The standard InChI is InChI=1S/C24H21N3O3S/c1-4-12-27-22(29)19(21(28)25-24(27)31)14-18-17-10-5-6-11-20(17)26(3)23(18)30-16-9-7-8-15(2)13-16/h4-11,13-14H,1,12H2,2-3H3,(H,25,28,31). The zero-order valence-corrected chi connectivity index (χ0v) is 18.0. The lowest BCUT2D eigenvalue weighted by Crippen LogP contribution is -2.53. The Morgan fingerprint density at radius 1 is 1.16 bits per heavy atom. The second-order valence-corrected chi connectivity index (χ2v) is 7.62. The molecule has 31 heavy (non-hydrogen) atoms. The van der Waals surface area contributed by atoms with Crippen LogP contribution in [-0.2, 0) is 16.6 Å². The molecular formula is C24H21N3O3S. The van der Waals surface area contributed by atoms with Crippen LogP contribution in [0.5, 0.6) is 11.6 Å². The summed E-state index contributed by atoms with van der Waals surface area (Å²) in [6.45, 7) is 5.85. The van der Waals surface area contributed by atoms with Crippen LogP contribution in [0.2, 0.25) is 0 Å². The SMILES string of the molecule is C=CCN1C(=O)C(=Cc2c(Oc3cccc(C)c3)n(C)c3ccccc23)C(=O)NC1=S. The molecule has 1 aliphatic rings. The Kier molecular flexibility index (Phi) is 5.44. The van der Waals surface area contributed by atoms with Crippen LogP contribution in [0.4, 0.5) is 0 Å². The lowest BCUT2D eigenvalue weighted by Gasteiger charge is -2.27. The van der Waals surface area contributed by atoms with Crippen molar-refractivity contribution in [3.8, 4) is 11.6 Å². The van der Waals surface area contributed by atoms with Gasteiger partial charge in [-0.3, -0.25) is 19.8 Å². The molecule has 2 aromatic carbocycles. The highest BCUT2D eigenvalue weighted by atomic mass is 32.1. The maximum atomic E-state index is 13.0. The zero-order valence-electron chi connectivity index (χ0n) is 17.2. The molecule has 6 nitrogen and oxygen atoms in total. The molecule has 1 aliphatic heterocycles. The van der Waals surface area contributed by atoms with Crippen LogP contribution in [0.3, 0.4) is 0 Å².